The van der Waals surface area contributed by atoms with E-state index in [2.05, 4.69) is 5.10 Å². The van der Waals surface area contributed by atoms with Gasteiger partial charge in [0.25, 0.3) is 0 Å². The van der Waals surface area contributed by atoms with Gasteiger partial charge in [-0.3, -0.25) is 9.48 Å². The summed E-state index contributed by atoms with van der Waals surface area (Å²) in [6.07, 6.45) is 1.52. The number of aryl methyl sites for hydroxylation is 1. The second kappa shape index (κ2) is 4.63. The number of nitrogens with zero attached hydrogens (tertiary/aromatic N) is 2. The SMILES string of the molecule is Cc1cscc1C(=O)c1c(Cl)cnn1C(C)C. The zero-order chi connectivity index (χ0) is 12.6. The molecule has 0 bridgehead atoms. The Morgan fingerprint density at radius 3 is 2.71 bits per heavy atom. The zero-order valence-electron chi connectivity index (χ0n) is 9.90. The Morgan fingerprint density at radius 1 is 1.47 bits per heavy atom. The van der Waals surface area contributed by atoms with Crippen LogP contribution in [0.15, 0.2) is 17.0 Å². The van der Waals surface area contributed by atoms with Crippen molar-refractivity contribution in [1.82, 2.24) is 9.78 Å². The lowest BCUT2D eigenvalue weighted by molar-refractivity contribution is 0.102. The molecule has 17 heavy (non-hydrogen) atoms. The van der Waals surface area contributed by atoms with E-state index in [0.717, 1.165) is 5.56 Å². The van der Waals surface area contributed by atoms with Gasteiger partial charge in [-0.1, -0.05) is 11.6 Å². The van der Waals surface area contributed by atoms with Gasteiger partial charge in [-0.15, -0.1) is 0 Å². The maximum atomic E-state index is 12.4. The highest BCUT2D eigenvalue weighted by Crippen LogP contribution is 2.25. The van der Waals surface area contributed by atoms with Crippen molar-refractivity contribution in [2.24, 2.45) is 0 Å². The van der Waals surface area contributed by atoms with Gasteiger partial charge in [-0.25, -0.2) is 0 Å². The third-order valence-corrected chi connectivity index (χ3v) is 3.69. The van der Waals surface area contributed by atoms with Crippen LogP contribution in [0.4, 0.5) is 0 Å². The van der Waals surface area contributed by atoms with Gasteiger partial charge < -0.3 is 0 Å². The minimum Gasteiger partial charge on any atom is -0.287 e. The molecule has 0 saturated heterocycles. The van der Waals surface area contributed by atoms with E-state index in [1.54, 1.807) is 4.68 Å². The molecule has 0 aliphatic carbocycles. The highest BCUT2D eigenvalue weighted by Gasteiger charge is 2.22. The highest BCUT2D eigenvalue weighted by molar-refractivity contribution is 7.08. The Morgan fingerprint density at radius 2 is 2.18 bits per heavy atom. The minimum atomic E-state index is -0.0556. The van der Waals surface area contributed by atoms with Gasteiger partial charge in [0.1, 0.15) is 5.69 Å². The van der Waals surface area contributed by atoms with Gasteiger partial charge in [0.15, 0.2) is 0 Å². The molecule has 90 valence electrons. The third kappa shape index (κ3) is 2.15. The average Bonchev–Trinajstić information content (AvgIpc) is 2.83. The van der Waals surface area contributed by atoms with Crippen LogP contribution in [-0.2, 0) is 0 Å². The molecule has 2 aromatic heterocycles. The molecule has 2 aromatic rings. The van der Waals surface area contributed by atoms with Gasteiger partial charge in [-0.2, -0.15) is 16.4 Å². The van der Waals surface area contributed by atoms with Crippen LogP contribution in [0.25, 0.3) is 0 Å². The molecule has 0 aromatic carbocycles. The highest BCUT2D eigenvalue weighted by atomic mass is 35.5. The van der Waals surface area contributed by atoms with Crippen LogP contribution in [0.3, 0.4) is 0 Å². The van der Waals surface area contributed by atoms with E-state index in [-0.39, 0.29) is 11.8 Å². The first-order valence-electron chi connectivity index (χ1n) is 5.33. The molecule has 5 heteroatoms. The topological polar surface area (TPSA) is 34.9 Å². The lowest BCUT2D eigenvalue weighted by atomic mass is 10.1. The van der Waals surface area contributed by atoms with Crippen LogP contribution in [0.1, 0.15) is 41.5 Å². The smallest absolute Gasteiger partial charge is 0.213 e. The van der Waals surface area contributed by atoms with Gasteiger partial charge in [0, 0.05) is 17.0 Å². The van der Waals surface area contributed by atoms with Gasteiger partial charge in [0.2, 0.25) is 5.78 Å². The quantitative estimate of drug-likeness (QED) is 0.795. The van der Waals surface area contributed by atoms with Crippen molar-refractivity contribution in [2.45, 2.75) is 26.8 Å². The van der Waals surface area contributed by atoms with Crippen molar-refractivity contribution in [3.8, 4) is 0 Å². The van der Waals surface area contributed by atoms with Crippen molar-refractivity contribution >= 4 is 28.7 Å². The number of rotatable bonds is 3. The number of thiophene rings is 1. The Labute approximate surface area is 109 Å². The van der Waals surface area contributed by atoms with Crippen LogP contribution >= 0.6 is 22.9 Å². The summed E-state index contributed by atoms with van der Waals surface area (Å²) in [5, 5.41) is 8.36. The molecule has 2 heterocycles. The van der Waals surface area contributed by atoms with Gasteiger partial charge in [0.05, 0.1) is 11.2 Å². The van der Waals surface area contributed by atoms with E-state index >= 15 is 0 Å². The summed E-state index contributed by atoms with van der Waals surface area (Å²) in [6, 6.07) is 0.111. The predicted molar refractivity (Wildman–Crippen MR) is 70.1 cm³/mol. The van der Waals surface area contributed by atoms with Crippen molar-refractivity contribution < 1.29 is 4.79 Å². The van der Waals surface area contributed by atoms with Crippen molar-refractivity contribution in [1.29, 1.82) is 0 Å². The molecule has 0 atom stereocenters. The van der Waals surface area contributed by atoms with Crippen LogP contribution in [0.5, 0.6) is 0 Å². The second-order valence-corrected chi connectivity index (χ2v) is 5.33. The molecule has 0 amide bonds. The first-order valence-corrected chi connectivity index (χ1v) is 6.65. The molecule has 0 aliphatic rings. The fourth-order valence-corrected chi connectivity index (χ4v) is 2.71. The summed E-state index contributed by atoms with van der Waals surface area (Å²) in [7, 11) is 0. The van der Waals surface area contributed by atoms with Gasteiger partial charge in [-0.05, 0) is 31.7 Å². The Bertz CT molecular complexity index is 557. The molecule has 0 fully saturated rings. The van der Waals surface area contributed by atoms with E-state index in [1.165, 1.54) is 17.5 Å². The third-order valence-electron chi connectivity index (χ3n) is 2.56. The van der Waals surface area contributed by atoms with Crippen molar-refractivity contribution in [3.05, 3.63) is 38.8 Å². The maximum absolute atomic E-state index is 12.4. The molecule has 0 saturated carbocycles. The summed E-state index contributed by atoms with van der Waals surface area (Å²) in [4.78, 5) is 12.4. The van der Waals surface area contributed by atoms with E-state index < -0.39 is 0 Å². The summed E-state index contributed by atoms with van der Waals surface area (Å²) in [5.74, 6) is -0.0556. The molecule has 0 radical (unpaired) electrons. The molecule has 2 rings (SSSR count). The number of aromatic nitrogens is 2. The first-order chi connectivity index (χ1) is 8.02. The van der Waals surface area contributed by atoms with E-state index in [1.807, 2.05) is 31.5 Å². The van der Waals surface area contributed by atoms with Gasteiger partial charge >= 0.3 is 0 Å². The Hall–Kier alpha value is -1.13. The van der Waals surface area contributed by atoms with Crippen LogP contribution in [0, 0.1) is 6.92 Å². The molecule has 0 aliphatic heterocycles. The number of hydrogen-bond donors (Lipinski definition) is 0. The largest absolute Gasteiger partial charge is 0.287 e. The van der Waals surface area contributed by atoms with Crippen molar-refractivity contribution in [2.75, 3.05) is 0 Å². The molecular formula is C12H13ClN2OS. The monoisotopic (exact) mass is 268 g/mol. The van der Waals surface area contributed by atoms with Crippen LogP contribution in [0.2, 0.25) is 5.02 Å². The normalized spacial score (nSPS) is 11.1. The fourth-order valence-electron chi connectivity index (χ4n) is 1.67. The van der Waals surface area contributed by atoms with E-state index in [4.69, 9.17) is 11.6 Å². The molecular weight excluding hydrogens is 256 g/mol. The molecule has 0 unspecified atom stereocenters. The Kier molecular flexibility index (Phi) is 3.35. The maximum Gasteiger partial charge on any atom is 0.213 e. The average molecular weight is 269 g/mol. The fraction of sp³-hybridized carbons (Fsp3) is 0.333. The van der Waals surface area contributed by atoms with Crippen LogP contribution < -0.4 is 0 Å². The summed E-state index contributed by atoms with van der Waals surface area (Å²) < 4.78 is 1.67. The Balaban J connectivity index is 2.51. The lowest BCUT2D eigenvalue weighted by Gasteiger charge is -2.10. The van der Waals surface area contributed by atoms with Crippen molar-refractivity contribution in [3.63, 3.8) is 0 Å². The minimum absolute atomic E-state index is 0.0556. The lowest BCUT2D eigenvalue weighted by Crippen LogP contribution is -2.14. The molecule has 0 spiro atoms. The van der Waals surface area contributed by atoms with Crippen LogP contribution in [-0.4, -0.2) is 15.6 Å². The zero-order valence-corrected chi connectivity index (χ0v) is 11.5. The predicted octanol–water partition coefficient (Wildman–Crippen LogP) is 3.72. The summed E-state index contributed by atoms with van der Waals surface area (Å²) in [6.45, 7) is 5.87. The number of halogens is 1. The molecule has 3 nitrogen and oxygen atoms in total. The number of ketones is 1. The summed E-state index contributed by atoms with van der Waals surface area (Å²) in [5.41, 5.74) is 2.16. The number of carbonyl (C=O) groups is 1. The summed E-state index contributed by atoms with van der Waals surface area (Å²) >= 11 is 7.57. The number of hydrogen-bond acceptors (Lipinski definition) is 3. The standard InChI is InChI=1S/C12H13ClN2OS/c1-7(2)15-11(10(13)4-14-15)12(16)9-6-17-5-8(9)3/h4-7H,1-3H3. The molecule has 0 N–H and O–H groups in total. The van der Waals surface area contributed by atoms with E-state index in [0.29, 0.717) is 16.3 Å². The first kappa shape index (κ1) is 12.3. The number of carbonyl (C=O) groups excluding carboxylic acids is 1. The van der Waals surface area contributed by atoms with E-state index in [9.17, 15) is 4.79 Å². The second-order valence-electron chi connectivity index (χ2n) is 4.18.